The van der Waals surface area contributed by atoms with E-state index in [2.05, 4.69) is 47.1 Å². The van der Waals surface area contributed by atoms with Crippen LogP contribution in [0.15, 0.2) is 42.5 Å². The van der Waals surface area contributed by atoms with Crippen molar-refractivity contribution in [3.05, 3.63) is 65.0 Å². The zero-order valence-corrected chi connectivity index (χ0v) is 21.5. The van der Waals surface area contributed by atoms with Crippen molar-refractivity contribution >= 4 is 11.8 Å². The molecule has 0 radical (unpaired) electrons. The number of aliphatic hydroxyl groups excluding tert-OH is 1. The summed E-state index contributed by atoms with van der Waals surface area (Å²) in [5.41, 5.74) is 2.91. The molecule has 2 aliphatic rings. The van der Waals surface area contributed by atoms with Crippen molar-refractivity contribution in [2.45, 2.75) is 76.0 Å². The van der Waals surface area contributed by atoms with Gasteiger partial charge in [0.2, 0.25) is 11.8 Å². The molecule has 1 fully saturated rings. The molecule has 37 heavy (non-hydrogen) atoms. The number of carbonyl (C=O) groups excluding carboxylic acids is 2. The molecular formula is C29H38FN3O4. The maximum atomic E-state index is 14.4. The van der Waals surface area contributed by atoms with E-state index in [-0.39, 0.29) is 31.0 Å². The van der Waals surface area contributed by atoms with E-state index >= 15 is 0 Å². The van der Waals surface area contributed by atoms with Crippen LogP contribution in [0.25, 0.3) is 0 Å². The highest BCUT2D eigenvalue weighted by molar-refractivity contribution is 5.84. The molecule has 2 bridgehead atoms. The SMILES string of the molecule is CCc1cccc(C2(NC[C@@H](O)[C@@H]3Cc4cc(F)cc(c4)OCCCCCC(=O)NCC(=O)N3)CC2)c1. The molecule has 1 aliphatic carbocycles. The molecule has 2 atom stereocenters. The Labute approximate surface area is 218 Å². The van der Waals surface area contributed by atoms with Crippen molar-refractivity contribution in [2.24, 2.45) is 0 Å². The quantitative estimate of drug-likeness (QED) is 0.478. The summed E-state index contributed by atoms with van der Waals surface area (Å²) in [7, 11) is 0. The minimum Gasteiger partial charge on any atom is -0.493 e. The van der Waals surface area contributed by atoms with Gasteiger partial charge in [-0.05, 0) is 73.8 Å². The van der Waals surface area contributed by atoms with Crippen LogP contribution in [0, 0.1) is 5.82 Å². The second-order valence-electron chi connectivity index (χ2n) is 10.2. The summed E-state index contributed by atoms with van der Waals surface area (Å²) < 4.78 is 20.1. The maximum absolute atomic E-state index is 14.4. The minimum atomic E-state index is -0.932. The molecule has 8 heteroatoms. The van der Waals surface area contributed by atoms with Crippen molar-refractivity contribution in [3.8, 4) is 5.75 Å². The Morgan fingerprint density at radius 2 is 1.97 bits per heavy atom. The van der Waals surface area contributed by atoms with Gasteiger partial charge in [-0.1, -0.05) is 31.2 Å². The number of aryl methyl sites for hydroxylation is 1. The average Bonchev–Trinajstić information content (AvgIpc) is 3.68. The lowest BCUT2D eigenvalue weighted by molar-refractivity contribution is -0.126. The van der Waals surface area contributed by atoms with E-state index in [9.17, 15) is 19.1 Å². The predicted octanol–water partition coefficient (Wildman–Crippen LogP) is 3.12. The molecule has 1 saturated carbocycles. The first-order valence-electron chi connectivity index (χ1n) is 13.4. The zero-order valence-electron chi connectivity index (χ0n) is 21.5. The molecule has 4 N–H and O–H groups in total. The van der Waals surface area contributed by atoms with Crippen molar-refractivity contribution in [1.82, 2.24) is 16.0 Å². The second-order valence-corrected chi connectivity index (χ2v) is 10.2. The van der Waals surface area contributed by atoms with Gasteiger partial charge >= 0.3 is 0 Å². The monoisotopic (exact) mass is 511 g/mol. The number of benzene rings is 2. The first kappa shape index (κ1) is 27.1. The van der Waals surface area contributed by atoms with E-state index in [0.29, 0.717) is 30.8 Å². The van der Waals surface area contributed by atoms with Crippen molar-refractivity contribution in [2.75, 3.05) is 19.7 Å². The molecule has 2 amide bonds. The fourth-order valence-corrected chi connectivity index (χ4v) is 4.86. The highest BCUT2D eigenvalue weighted by Gasteiger charge is 2.44. The minimum absolute atomic E-state index is 0.166. The number of hydrogen-bond acceptors (Lipinski definition) is 5. The molecule has 0 saturated heterocycles. The van der Waals surface area contributed by atoms with Crippen molar-refractivity contribution in [3.63, 3.8) is 0 Å². The summed E-state index contributed by atoms with van der Waals surface area (Å²) in [4.78, 5) is 24.8. The first-order valence-corrected chi connectivity index (χ1v) is 13.4. The lowest BCUT2D eigenvalue weighted by Gasteiger charge is -2.27. The number of rotatable bonds is 6. The van der Waals surface area contributed by atoms with Crippen LogP contribution >= 0.6 is 0 Å². The van der Waals surface area contributed by atoms with Gasteiger partial charge in [0.25, 0.3) is 0 Å². The third-order valence-corrected chi connectivity index (χ3v) is 7.25. The Morgan fingerprint density at radius 3 is 2.76 bits per heavy atom. The fraction of sp³-hybridized carbons (Fsp3) is 0.517. The van der Waals surface area contributed by atoms with Crippen LogP contribution in [-0.4, -0.2) is 48.8 Å². The lowest BCUT2D eigenvalue weighted by Crippen LogP contribution is -2.52. The fourth-order valence-electron chi connectivity index (χ4n) is 4.86. The Bertz CT molecular complexity index is 1090. The normalized spacial score (nSPS) is 21.3. The van der Waals surface area contributed by atoms with E-state index in [0.717, 1.165) is 32.1 Å². The number of ether oxygens (including phenoxy) is 1. The summed E-state index contributed by atoms with van der Waals surface area (Å²) in [5.74, 6) is -0.579. The number of aliphatic hydroxyl groups is 1. The molecule has 0 spiro atoms. The Hall–Kier alpha value is -2.97. The van der Waals surface area contributed by atoms with Crippen LogP contribution in [0.3, 0.4) is 0 Å². The van der Waals surface area contributed by atoms with Gasteiger partial charge in [0.15, 0.2) is 0 Å². The molecule has 7 nitrogen and oxygen atoms in total. The lowest BCUT2D eigenvalue weighted by atomic mass is 9.98. The highest BCUT2D eigenvalue weighted by Crippen LogP contribution is 2.45. The number of nitrogens with one attached hydrogen (secondary N) is 3. The van der Waals surface area contributed by atoms with Crippen LogP contribution in [0.2, 0.25) is 0 Å². The Kier molecular flexibility index (Phi) is 9.16. The van der Waals surface area contributed by atoms with Crippen LogP contribution in [-0.2, 0) is 28.0 Å². The topological polar surface area (TPSA) is 99.7 Å². The zero-order chi connectivity index (χ0) is 26.3. The molecule has 2 aromatic carbocycles. The Morgan fingerprint density at radius 1 is 1.14 bits per heavy atom. The number of halogens is 1. The number of hydrogen-bond donors (Lipinski definition) is 4. The molecule has 0 unspecified atom stereocenters. The molecule has 1 aliphatic heterocycles. The molecule has 1 heterocycles. The van der Waals surface area contributed by atoms with E-state index in [1.165, 1.54) is 23.3 Å². The van der Waals surface area contributed by atoms with Crippen molar-refractivity contribution in [1.29, 1.82) is 0 Å². The molecule has 4 rings (SSSR count). The van der Waals surface area contributed by atoms with E-state index < -0.39 is 23.9 Å². The van der Waals surface area contributed by atoms with Crippen LogP contribution in [0.4, 0.5) is 4.39 Å². The first-order chi connectivity index (χ1) is 17.9. The smallest absolute Gasteiger partial charge is 0.239 e. The molecule has 200 valence electrons. The Balaban J connectivity index is 1.48. The van der Waals surface area contributed by atoms with Gasteiger partial charge in [0, 0.05) is 24.6 Å². The van der Waals surface area contributed by atoms with Gasteiger partial charge in [-0.25, -0.2) is 4.39 Å². The van der Waals surface area contributed by atoms with E-state index in [1.807, 2.05) is 0 Å². The number of amides is 2. The van der Waals surface area contributed by atoms with E-state index in [1.54, 1.807) is 6.07 Å². The van der Waals surface area contributed by atoms with Gasteiger partial charge in [-0.15, -0.1) is 0 Å². The molecule has 0 aromatic heterocycles. The van der Waals surface area contributed by atoms with Crippen molar-refractivity contribution < 1.29 is 23.8 Å². The van der Waals surface area contributed by atoms with Gasteiger partial charge < -0.3 is 25.8 Å². The number of carbonyl (C=O) groups is 2. The molecular weight excluding hydrogens is 473 g/mol. The average molecular weight is 512 g/mol. The summed E-state index contributed by atoms with van der Waals surface area (Å²) in [6.45, 7) is 2.64. The summed E-state index contributed by atoms with van der Waals surface area (Å²) in [6.07, 6.45) is 4.74. The van der Waals surface area contributed by atoms with Crippen LogP contribution in [0.5, 0.6) is 5.75 Å². The molecule has 2 aromatic rings. The third-order valence-electron chi connectivity index (χ3n) is 7.25. The summed E-state index contributed by atoms with van der Waals surface area (Å²) >= 11 is 0. The maximum Gasteiger partial charge on any atom is 0.239 e. The van der Waals surface area contributed by atoms with Crippen LogP contribution < -0.4 is 20.7 Å². The second kappa shape index (κ2) is 12.5. The highest BCUT2D eigenvalue weighted by atomic mass is 19.1. The largest absolute Gasteiger partial charge is 0.493 e. The van der Waals surface area contributed by atoms with Gasteiger partial charge in [-0.3, -0.25) is 9.59 Å². The summed E-state index contributed by atoms with van der Waals surface area (Å²) in [6, 6.07) is 12.3. The van der Waals surface area contributed by atoms with Gasteiger partial charge in [0.1, 0.15) is 11.6 Å². The van der Waals surface area contributed by atoms with E-state index in [4.69, 9.17) is 4.74 Å². The summed E-state index contributed by atoms with van der Waals surface area (Å²) in [5, 5.41) is 20.2. The number of fused-ring (bicyclic) bond motifs is 2. The van der Waals surface area contributed by atoms with Gasteiger partial charge in [-0.2, -0.15) is 0 Å². The van der Waals surface area contributed by atoms with Crippen LogP contribution in [0.1, 0.15) is 62.1 Å². The van der Waals surface area contributed by atoms with Gasteiger partial charge in [0.05, 0.1) is 25.3 Å². The standard InChI is InChI=1S/C29H38FN3O4/c1-2-20-7-6-8-22(13-20)29(10-11-29)32-18-26(34)25-16-21-14-23(30)17-24(15-21)37-12-5-3-4-9-27(35)31-19-28(36)33-25/h6-8,13-15,17,25-26,32,34H,2-5,9-12,16,18-19H2,1H3,(H,31,35)(H,33,36)/t25-,26+/m0/s1. The predicted molar refractivity (Wildman–Crippen MR) is 140 cm³/mol. The third kappa shape index (κ3) is 7.76.